The Kier molecular flexibility index (Phi) is 3.55. The van der Waals surface area contributed by atoms with E-state index in [1.54, 1.807) is 0 Å². The average molecular weight is 154 g/mol. The van der Waals surface area contributed by atoms with Crippen molar-refractivity contribution in [2.24, 2.45) is 0 Å². The first-order valence-corrected chi connectivity index (χ1v) is 3.19. The summed E-state index contributed by atoms with van der Waals surface area (Å²) in [4.78, 5) is 0. The lowest BCUT2D eigenvalue weighted by Gasteiger charge is -2.01. The van der Waals surface area contributed by atoms with E-state index in [9.17, 15) is 13.2 Å². The molecule has 0 aliphatic rings. The van der Waals surface area contributed by atoms with Crippen LogP contribution in [-0.4, -0.2) is 11.3 Å². The summed E-state index contributed by atoms with van der Waals surface area (Å²) in [6.07, 6.45) is 4.90. The van der Waals surface area contributed by atoms with Crippen LogP contribution in [0.15, 0.2) is 0 Å². The third-order valence-electron chi connectivity index (χ3n) is 0.512. The molecule has 0 amide bonds. The maximum Gasteiger partial charge on any atom is 0.441 e. The number of rotatable bonds is 2. The largest absolute Gasteiger partial charge is 0.441 e. The summed E-state index contributed by atoms with van der Waals surface area (Å²) in [5, 5.41) is 0. The molecule has 0 aromatic rings. The summed E-state index contributed by atoms with van der Waals surface area (Å²) in [7, 11) is 0. The molecule has 4 heteroatoms. The Morgan fingerprint density at radius 2 is 2.00 bits per heavy atom. The second-order valence-corrected chi connectivity index (χ2v) is 2.41. The highest BCUT2D eigenvalue weighted by atomic mass is 32.2. The summed E-state index contributed by atoms with van der Waals surface area (Å²) in [6, 6.07) is 0. The van der Waals surface area contributed by atoms with Crippen molar-refractivity contribution in [1.82, 2.24) is 0 Å². The molecule has 0 atom stereocenters. The minimum atomic E-state index is -4.13. The van der Waals surface area contributed by atoms with E-state index < -0.39 is 5.51 Å². The van der Waals surface area contributed by atoms with Gasteiger partial charge in [-0.1, -0.05) is 11.8 Å². The summed E-state index contributed by atoms with van der Waals surface area (Å²) >= 11 is -0.0844. The smallest absolute Gasteiger partial charge is 0.160 e. The van der Waals surface area contributed by atoms with Gasteiger partial charge in [-0.3, -0.25) is 0 Å². The molecule has 0 nitrogen and oxygen atoms in total. The Morgan fingerprint density at radius 1 is 1.44 bits per heavy atom. The van der Waals surface area contributed by atoms with Crippen LogP contribution in [-0.2, 0) is 0 Å². The van der Waals surface area contributed by atoms with Crippen molar-refractivity contribution in [3.05, 3.63) is 0 Å². The molecule has 0 fully saturated rings. The predicted molar refractivity (Wildman–Crippen MR) is 32.0 cm³/mol. The second-order valence-electron chi connectivity index (χ2n) is 1.25. The first kappa shape index (κ1) is 8.70. The molecule has 0 unspecified atom stereocenters. The first-order valence-electron chi connectivity index (χ1n) is 2.20. The van der Waals surface area contributed by atoms with Gasteiger partial charge in [-0.25, -0.2) is 0 Å². The Balaban J connectivity index is 3.20. The lowest BCUT2D eigenvalue weighted by Crippen LogP contribution is -2.00. The molecule has 0 spiro atoms. The summed E-state index contributed by atoms with van der Waals surface area (Å²) in [6.45, 7) is 0. The van der Waals surface area contributed by atoms with Crippen LogP contribution in [0.3, 0.4) is 0 Å². The number of thioether (sulfide) groups is 1. The van der Waals surface area contributed by atoms with Crippen LogP contribution in [0, 0.1) is 12.3 Å². The van der Waals surface area contributed by atoms with Crippen LogP contribution < -0.4 is 0 Å². The zero-order valence-electron chi connectivity index (χ0n) is 4.53. The monoisotopic (exact) mass is 154 g/mol. The Hall–Kier alpha value is -0.300. The van der Waals surface area contributed by atoms with E-state index in [-0.39, 0.29) is 23.9 Å². The number of terminal acetylenes is 1. The summed E-state index contributed by atoms with van der Waals surface area (Å²) < 4.78 is 33.8. The van der Waals surface area contributed by atoms with E-state index in [2.05, 4.69) is 5.92 Å². The maximum atomic E-state index is 11.3. The van der Waals surface area contributed by atoms with E-state index in [4.69, 9.17) is 6.42 Å². The zero-order valence-corrected chi connectivity index (χ0v) is 5.35. The van der Waals surface area contributed by atoms with Crippen molar-refractivity contribution >= 4 is 11.8 Å². The van der Waals surface area contributed by atoms with Crippen LogP contribution in [0.2, 0.25) is 0 Å². The highest BCUT2D eigenvalue weighted by Crippen LogP contribution is 2.30. The van der Waals surface area contributed by atoms with Crippen LogP contribution in [0.25, 0.3) is 0 Å². The van der Waals surface area contributed by atoms with Gasteiger partial charge in [0.15, 0.2) is 0 Å². The summed E-state index contributed by atoms with van der Waals surface area (Å²) in [5.74, 6) is 2.08. The van der Waals surface area contributed by atoms with Gasteiger partial charge < -0.3 is 0 Å². The molecular weight excluding hydrogens is 149 g/mol. The van der Waals surface area contributed by atoms with E-state index in [1.807, 2.05) is 0 Å². The predicted octanol–water partition coefficient (Wildman–Crippen LogP) is 2.26. The first-order chi connectivity index (χ1) is 4.06. The second kappa shape index (κ2) is 3.67. The fourth-order valence-electron chi connectivity index (χ4n) is 0.226. The summed E-state index contributed by atoms with van der Waals surface area (Å²) in [5.41, 5.74) is -4.13. The molecule has 52 valence electrons. The molecule has 0 aliphatic heterocycles. The van der Waals surface area contributed by atoms with Crippen molar-refractivity contribution in [3.8, 4) is 12.3 Å². The average Bonchev–Trinajstić information content (AvgIpc) is 1.63. The van der Waals surface area contributed by atoms with Crippen LogP contribution in [0.1, 0.15) is 6.42 Å². The Morgan fingerprint density at radius 3 is 2.33 bits per heavy atom. The minimum absolute atomic E-state index is 0.0417. The molecule has 0 aromatic carbocycles. The molecule has 0 saturated carbocycles. The minimum Gasteiger partial charge on any atom is -0.160 e. The van der Waals surface area contributed by atoms with Gasteiger partial charge in [0.1, 0.15) is 0 Å². The van der Waals surface area contributed by atoms with Crippen molar-refractivity contribution in [2.75, 3.05) is 5.75 Å². The van der Waals surface area contributed by atoms with E-state index in [0.717, 1.165) is 0 Å². The zero-order chi connectivity index (χ0) is 7.33. The van der Waals surface area contributed by atoms with Gasteiger partial charge >= 0.3 is 5.51 Å². The molecule has 0 saturated heterocycles. The molecular formula is C5H5F3S. The maximum absolute atomic E-state index is 11.3. The number of hydrogen-bond donors (Lipinski definition) is 0. The Bertz CT molecular complexity index is 110. The molecule has 0 radical (unpaired) electrons. The van der Waals surface area contributed by atoms with Crippen molar-refractivity contribution in [3.63, 3.8) is 0 Å². The molecule has 0 rings (SSSR count). The molecule has 0 aliphatic carbocycles. The van der Waals surface area contributed by atoms with Gasteiger partial charge in [-0.15, -0.1) is 12.3 Å². The lowest BCUT2D eigenvalue weighted by molar-refractivity contribution is -0.0327. The number of halogens is 3. The fourth-order valence-corrected chi connectivity index (χ4v) is 0.677. The van der Waals surface area contributed by atoms with Crippen LogP contribution >= 0.6 is 11.8 Å². The molecule has 0 N–H and O–H groups in total. The topological polar surface area (TPSA) is 0 Å². The number of alkyl halides is 3. The van der Waals surface area contributed by atoms with Crippen LogP contribution in [0.5, 0.6) is 0 Å². The standard InChI is InChI=1S/C5H5F3S/c1-2-3-4-9-5(6,7)8/h1H,3-4H2. The molecule has 0 aromatic heterocycles. The molecule has 9 heavy (non-hydrogen) atoms. The van der Waals surface area contributed by atoms with E-state index in [1.165, 1.54) is 0 Å². The van der Waals surface area contributed by atoms with Crippen molar-refractivity contribution in [1.29, 1.82) is 0 Å². The van der Waals surface area contributed by atoms with Gasteiger partial charge in [0.25, 0.3) is 0 Å². The van der Waals surface area contributed by atoms with Gasteiger partial charge in [-0.05, 0) is 0 Å². The van der Waals surface area contributed by atoms with E-state index >= 15 is 0 Å². The normalized spacial score (nSPS) is 10.9. The fraction of sp³-hybridized carbons (Fsp3) is 0.600. The highest BCUT2D eigenvalue weighted by molar-refractivity contribution is 8.00. The molecule has 0 heterocycles. The quantitative estimate of drug-likeness (QED) is 0.434. The third-order valence-corrected chi connectivity index (χ3v) is 1.25. The third kappa shape index (κ3) is 7.70. The Labute approximate surface area is 55.8 Å². The lowest BCUT2D eigenvalue weighted by atomic mass is 10.5. The number of hydrogen-bond acceptors (Lipinski definition) is 1. The molecule has 0 bridgehead atoms. The van der Waals surface area contributed by atoms with Gasteiger partial charge in [-0.2, -0.15) is 13.2 Å². The van der Waals surface area contributed by atoms with E-state index in [0.29, 0.717) is 0 Å². The van der Waals surface area contributed by atoms with Gasteiger partial charge in [0, 0.05) is 12.2 Å². The van der Waals surface area contributed by atoms with Crippen molar-refractivity contribution < 1.29 is 13.2 Å². The van der Waals surface area contributed by atoms with Crippen molar-refractivity contribution in [2.45, 2.75) is 11.9 Å². The van der Waals surface area contributed by atoms with Gasteiger partial charge in [0.05, 0.1) is 0 Å². The van der Waals surface area contributed by atoms with Crippen LogP contribution in [0.4, 0.5) is 13.2 Å². The SMILES string of the molecule is C#CCCSC(F)(F)F. The van der Waals surface area contributed by atoms with Gasteiger partial charge in [0.2, 0.25) is 0 Å². The highest BCUT2D eigenvalue weighted by Gasteiger charge is 2.26.